The van der Waals surface area contributed by atoms with Gasteiger partial charge in [0.05, 0.1) is 0 Å². The van der Waals surface area contributed by atoms with E-state index in [9.17, 15) is 0 Å². The maximum absolute atomic E-state index is 5.86. The van der Waals surface area contributed by atoms with Gasteiger partial charge >= 0.3 is 0 Å². The summed E-state index contributed by atoms with van der Waals surface area (Å²) >= 11 is 0. The van der Waals surface area contributed by atoms with Crippen LogP contribution >= 0.6 is 0 Å². The summed E-state index contributed by atoms with van der Waals surface area (Å²) in [4.78, 5) is 2.52. The Morgan fingerprint density at radius 1 is 1.35 bits per heavy atom. The summed E-state index contributed by atoms with van der Waals surface area (Å²) in [5, 5.41) is 4.29. The third-order valence-corrected chi connectivity index (χ3v) is 4.14. The summed E-state index contributed by atoms with van der Waals surface area (Å²) in [5.41, 5.74) is 9.36. The van der Waals surface area contributed by atoms with Crippen LogP contribution < -0.4 is 5.73 Å². The second-order valence-corrected chi connectivity index (χ2v) is 5.70. The van der Waals surface area contributed by atoms with E-state index in [2.05, 4.69) is 28.2 Å². The van der Waals surface area contributed by atoms with Crippen LogP contribution in [0.2, 0.25) is 0 Å². The number of anilines is 1. The summed E-state index contributed by atoms with van der Waals surface area (Å²) in [5.74, 6) is 0.595. The smallest absolute Gasteiger partial charge is 0.0492 e. The molecule has 0 aliphatic carbocycles. The number of piperidine rings is 1. The van der Waals surface area contributed by atoms with E-state index in [0.717, 1.165) is 18.8 Å². The molecule has 0 bridgehead atoms. The normalized spacial score (nSPS) is 20.1. The van der Waals surface area contributed by atoms with Crippen molar-refractivity contribution in [2.45, 2.75) is 25.3 Å². The molecule has 1 atom stereocenters. The first-order valence-electron chi connectivity index (χ1n) is 7.27. The maximum atomic E-state index is 5.86. The Kier molecular flexibility index (Phi) is 3.74. The number of benzene rings is 1. The van der Waals surface area contributed by atoms with E-state index in [1.807, 2.05) is 30.1 Å². The van der Waals surface area contributed by atoms with Crippen molar-refractivity contribution in [3.05, 3.63) is 47.8 Å². The van der Waals surface area contributed by atoms with Gasteiger partial charge in [0.1, 0.15) is 0 Å². The lowest BCUT2D eigenvalue weighted by atomic mass is 9.94. The zero-order chi connectivity index (χ0) is 13.9. The standard InChI is InChI=1S/C16H22N4/c1-19-16(7-8-18-19)14-5-3-9-20(12-14)11-13-4-2-6-15(17)10-13/h2,4,6-8,10,14H,3,5,9,11-12,17H2,1H3. The van der Waals surface area contributed by atoms with Crippen molar-refractivity contribution in [3.8, 4) is 0 Å². The van der Waals surface area contributed by atoms with Crippen LogP contribution in [0, 0.1) is 0 Å². The molecule has 2 aromatic rings. The molecule has 106 valence electrons. The summed E-state index contributed by atoms with van der Waals surface area (Å²) in [6.07, 6.45) is 4.40. The zero-order valence-corrected chi connectivity index (χ0v) is 12.0. The van der Waals surface area contributed by atoms with Gasteiger partial charge in [0.2, 0.25) is 0 Å². The number of hydrogen-bond acceptors (Lipinski definition) is 3. The van der Waals surface area contributed by atoms with Gasteiger partial charge in [-0.2, -0.15) is 5.10 Å². The molecule has 3 rings (SSSR count). The molecule has 4 heteroatoms. The lowest BCUT2D eigenvalue weighted by Gasteiger charge is -2.32. The molecule has 1 fully saturated rings. The van der Waals surface area contributed by atoms with Gasteiger partial charge < -0.3 is 5.73 Å². The van der Waals surface area contributed by atoms with Crippen molar-refractivity contribution < 1.29 is 0 Å². The average molecular weight is 270 g/mol. The largest absolute Gasteiger partial charge is 0.399 e. The Morgan fingerprint density at radius 3 is 3.00 bits per heavy atom. The van der Waals surface area contributed by atoms with Crippen molar-refractivity contribution in [1.82, 2.24) is 14.7 Å². The van der Waals surface area contributed by atoms with E-state index in [0.29, 0.717) is 5.92 Å². The highest BCUT2D eigenvalue weighted by Crippen LogP contribution is 2.27. The van der Waals surface area contributed by atoms with Crippen LogP contribution in [0.1, 0.15) is 30.0 Å². The molecule has 0 amide bonds. The van der Waals surface area contributed by atoms with E-state index < -0.39 is 0 Å². The van der Waals surface area contributed by atoms with Crippen molar-refractivity contribution >= 4 is 5.69 Å². The van der Waals surface area contributed by atoms with Gasteiger partial charge in [0.25, 0.3) is 0 Å². The average Bonchev–Trinajstić information content (AvgIpc) is 2.85. The lowest BCUT2D eigenvalue weighted by molar-refractivity contribution is 0.196. The Bertz CT molecular complexity index is 575. The Balaban J connectivity index is 1.68. The van der Waals surface area contributed by atoms with Crippen LogP contribution in [0.3, 0.4) is 0 Å². The minimum atomic E-state index is 0.595. The molecule has 1 aliphatic heterocycles. The maximum Gasteiger partial charge on any atom is 0.0492 e. The number of rotatable bonds is 3. The summed E-state index contributed by atoms with van der Waals surface area (Å²) in [6, 6.07) is 10.4. The van der Waals surface area contributed by atoms with Crippen LogP contribution in [0.5, 0.6) is 0 Å². The van der Waals surface area contributed by atoms with Crippen molar-refractivity contribution in [3.63, 3.8) is 0 Å². The third-order valence-electron chi connectivity index (χ3n) is 4.14. The number of nitrogens with two attached hydrogens (primary N) is 1. The van der Waals surface area contributed by atoms with E-state index >= 15 is 0 Å². The Morgan fingerprint density at radius 2 is 2.25 bits per heavy atom. The second kappa shape index (κ2) is 5.67. The highest BCUT2D eigenvalue weighted by molar-refractivity contribution is 5.40. The predicted molar refractivity (Wildman–Crippen MR) is 81.3 cm³/mol. The Labute approximate surface area is 120 Å². The summed E-state index contributed by atoms with van der Waals surface area (Å²) in [7, 11) is 2.03. The van der Waals surface area contributed by atoms with Gasteiger partial charge in [-0.25, -0.2) is 0 Å². The van der Waals surface area contributed by atoms with E-state index in [1.165, 1.54) is 30.6 Å². The first-order valence-corrected chi connectivity index (χ1v) is 7.27. The number of nitrogen functional groups attached to an aromatic ring is 1. The topological polar surface area (TPSA) is 47.1 Å². The quantitative estimate of drug-likeness (QED) is 0.871. The molecule has 2 heterocycles. The van der Waals surface area contributed by atoms with Gasteiger partial charge in [0, 0.05) is 43.6 Å². The fourth-order valence-electron chi connectivity index (χ4n) is 3.17. The molecule has 1 aliphatic rings. The number of hydrogen-bond donors (Lipinski definition) is 1. The minimum Gasteiger partial charge on any atom is -0.399 e. The molecule has 0 radical (unpaired) electrons. The first-order chi connectivity index (χ1) is 9.72. The van der Waals surface area contributed by atoms with Crippen molar-refractivity contribution in [2.75, 3.05) is 18.8 Å². The van der Waals surface area contributed by atoms with Crippen molar-refractivity contribution in [2.24, 2.45) is 7.05 Å². The highest BCUT2D eigenvalue weighted by atomic mass is 15.3. The first kappa shape index (κ1) is 13.2. The van der Waals surface area contributed by atoms with Gasteiger partial charge in [0.15, 0.2) is 0 Å². The fourth-order valence-corrected chi connectivity index (χ4v) is 3.17. The van der Waals surface area contributed by atoms with Gasteiger partial charge in [-0.05, 0) is 43.1 Å². The van der Waals surface area contributed by atoms with E-state index in [-0.39, 0.29) is 0 Å². The number of nitrogens with zero attached hydrogens (tertiary/aromatic N) is 3. The summed E-state index contributed by atoms with van der Waals surface area (Å²) in [6.45, 7) is 3.26. The molecule has 1 aromatic heterocycles. The number of aromatic nitrogens is 2. The highest BCUT2D eigenvalue weighted by Gasteiger charge is 2.23. The second-order valence-electron chi connectivity index (χ2n) is 5.70. The SMILES string of the molecule is Cn1nccc1C1CCCN(Cc2cccc(N)c2)C1. The van der Waals surface area contributed by atoms with Crippen LogP contribution in [0.15, 0.2) is 36.5 Å². The van der Waals surface area contributed by atoms with Crippen LogP contribution in [-0.4, -0.2) is 27.8 Å². The van der Waals surface area contributed by atoms with Crippen molar-refractivity contribution in [1.29, 1.82) is 0 Å². The minimum absolute atomic E-state index is 0.595. The van der Waals surface area contributed by atoms with Crippen LogP contribution in [0.4, 0.5) is 5.69 Å². The van der Waals surface area contributed by atoms with E-state index in [4.69, 9.17) is 5.73 Å². The van der Waals surface area contributed by atoms with Crippen LogP contribution in [-0.2, 0) is 13.6 Å². The van der Waals surface area contributed by atoms with Crippen LogP contribution in [0.25, 0.3) is 0 Å². The fraction of sp³-hybridized carbons (Fsp3) is 0.438. The molecule has 4 nitrogen and oxygen atoms in total. The molecule has 1 unspecified atom stereocenters. The molecular formula is C16H22N4. The third kappa shape index (κ3) is 2.85. The number of aryl methyl sites for hydroxylation is 1. The predicted octanol–water partition coefficient (Wildman–Crippen LogP) is 2.38. The molecule has 1 saturated heterocycles. The molecule has 20 heavy (non-hydrogen) atoms. The van der Waals surface area contributed by atoms with E-state index in [1.54, 1.807) is 0 Å². The molecule has 0 saturated carbocycles. The van der Waals surface area contributed by atoms with Gasteiger partial charge in [-0.15, -0.1) is 0 Å². The zero-order valence-electron chi connectivity index (χ0n) is 12.0. The monoisotopic (exact) mass is 270 g/mol. The molecule has 1 aromatic carbocycles. The summed E-state index contributed by atoms with van der Waals surface area (Å²) < 4.78 is 2.01. The molecule has 0 spiro atoms. The molecular weight excluding hydrogens is 248 g/mol. The number of likely N-dealkylation sites (tertiary alicyclic amines) is 1. The molecule has 2 N–H and O–H groups in total. The Hall–Kier alpha value is -1.81. The lowest BCUT2D eigenvalue weighted by Crippen LogP contribution is -2.34. The van der Waals surface area contributed by atoms with Gasteiger partial charge in [-0.1, -0.05) is 12.1 Å². The van der Waals surface area contributed by atoms with Gasteiger partial charge in [-0.3, -0.25) is 9.58 Å².